The lowest BCUT2D eigenvalue weighted by Gasteiger charge is -2.08. The lowest BCUT2D eigenvalue weighted by Crippen LogP contribution is -2.21. The van der Waals surface area contributed by atoms with E-state index in [4.69, 9.17) is 0 Å². The summed E-state index contributed by atoms with van der Waals surface area (Å²) in [7, 11) is 0. The molecule has 0 amide bonds. The normalized spacial score (nSPS) is 11.0. The predicted molar refractivity (Wildman–Crippen MR) is 91.7 cm³/mol. The van der Waals surface area contributed by atoms with Gasteiger partial charge in [0.25, 0.3) is 5.56 Å². The molecule has 0 aliphatic heterocycles. The quantitative estimate of drug-likeness (QED) is 0.635. The molecular formula is C16H12Br2N2O. The van der Waals surface area contributed by atoms with Crippen molar-refractivity contribution in [3.05, 3.63) is 73.2 Å². The van der Waals surface area contributed by atoms with E-state index in [0.29, 0.717) is 17.4 Å². The smallest absolute Gasteiger partial charge is 0.261 e. The fraction of sp³-hybridized carbons (Fsp3) is 0.125. The Kier molecular flexibility index (Phi) is 3.95. The summed E-state index contributed by atoms with van der Waals surface area (Å²) in [6.45, 7) is 2.56. The van der Waals surface area contributed by atoms with E-state index < -0.39 is 0 Å². The van der Waals surface area contributed by atoms with Gasteiger partial charge in [-0.1, -0.05) is 45.8 Å². The number of fused-ring (bicyclic) bond motifs is 1. The summed E-state index contributed by atoms with van der Waals surface area (Å²) in [6, 6.07) is 11.8. The molecule has 0 saturated heterocycles. The van der Waals surface area contributed by atoms with Gasteiger partial charge in [-0.15, -0.1) is 0 Å². The summed E-state index contributed by atoms with van der Waals surface area (Å²) in [5, 5.41) is 0.603. The molecule has 1 aromatic heterocycles. The van der Waals surface area contributed by atoms with Crippen LogP contribution in [0.5, 0.6) is 0 Å². The van der Waals surface area contributed by atoms with Crippen molar-refractivity contribution in [2.45, 2.75) is 13.5 Å². The molecule has 3 rings (SSSR count). The molecule has 21 heavy (non-hydrogen) atoms. The highest BCUT2D eigenvalue weighted by Crippen LogP contribution is 2.24. The Balaban J connectivity index is 2.10. The first kappa shape index (κ1) is 14.5. The first-order valence-electron chi connectivity index (χ1n) is 6.44. The molecule has 106 valence electrons. The van der Waals surface area contributed by atoms with Gasteiger partial charge in [0.15, 0.2) is 0 Å². The maximum absolute atomic E-state index is 12.6. The zero-order valence-corrected chi connectivity index (χ0v) is 14.5. The Bertz CT molecular complexity index is 870. The minimum absolute atomic E-state index is 0.0393. The molecule has 0 aliphatic carbocycles. The van der Waals surface area contributed by atoms with Crippen molar-refractivity contribution in [2.75, 3.05) is 0 Å². The molecule has 0 radical (unpaired) electrons. The van der Waals surface area contributed by atoms with Crippen LogP contribution < -0.4 is 5.56 Å². The number of rotatable bonds is 2. The second-order valence-electron chi connectivity index (χ2n) is 4.95. The second-order valence-corrected chi connectivity index (χ2v) is 6.72. The fourth-order valence-corrected chi connectivity index (χ4v) is 3.53. The van der Waals surface area contributed by atoms with Crippen molar-refractivity contribution in [1.29, 1.82) is 0 Å². The Morgan fingerprint density at radius 2 is 1.86 bits per heavy atom. The van der Waals surface area contributed by atoms with Crippen LogP contribution in [-0.2, 0) is 6.54 Å². The zero-order chi connectivity index (χ0) is 15.0. The molecule has 5 heteroatoms. The third kappa shape index (κ3) is 2.94. The van der Waals surface area contributed by atoms with Crippen molar-refractivity contribution < 1.29 is 0 Å². The van der Waals surface area contributed by atoms with E-state index in [-0.39, 0.29) is 5.56 Å². The van der Waals surface area contributed by atoms with E-state index in [9.17, 15) is 4.79 Å². The molecule has 3 aromatic rings. The van der Waals surface area contributed by atoms with Gasteiger partial charge in [0.1, 0.15) is 0 Å². The standard InChI is InChI=1S/C16H12Br2N2O/c1-10-2-4-11(5-3-10)8-20-9-19-15-13(16(20)21)6-12(17)7-14(15)18/h2-7,9H,8H2,1H3. The lowest BCUT2D eigenvalue weighted by molar-refractivity contribution is 0.748. The molecule has 0 unspecified atom stereocenters. The number of hydrogen-bond donors (Lipinski definition) is 0. The minimum atomic E-state index is -0.0393. The Hall–Kier alpha value is -1.46. The maximum Gasteiger partial charge on any atom is 0.261 e. The average Bonchev–Trinajstić information content (AvgIpc) is 2.45. The van der Waals surface area contributed by atoms with E-state index in [2.05, 4.69) is 36.8 Å². The summed E-state index contributed by atoms with van der Waals surface area (Å²) < 4.78 is 3.30. The average molecular weight is 408 g/mol. The molecule has 0 atom stereocenters. The van der Waals surface area contributed by atoms with Crippen LogP contribution in [0, 0.1) is 6.92 Å². The van der Waals surface area contributed by atoms with Crippen LogP contribution in [-0.4, -0.2) is 9.55 Å². The third-order valence-electron chi connectivity index (χ3n) is 3.32. The highest BCUT2D eigenvalue weighted by molar-refractivity contribution is 9.11. The number of benzene rings is 2. The van der Waals surface area contributed by atoms with Crippen LogP contribution in [0.4, 0.5) is 0 Å². The number of nitrogens with zero attached hydrogens (tertiary/aromatic N) is 2. The number of aromatic nitrogens is 2. The summed E-state index contributed by atoms with van der Waals surface area (Å²) in [5.74, 6) is 0. The highest BCUT2D eigenvalue weighted by Gasteiger charge is 2.08. The Morgan fingerprint density at radius 1 is 1.14 bits per heavy atom. The number of aryl methyl sites for hydroxylation is 1. The van der Waals surface area contributed by atoms with Gasteiger partial charge in [-0.05, 0) is 40.5 Å². The third-order valence-corrected chi connectivity index (χ3v) is 4.38. The van der Waals surface area contributed by atoms with Gasteiger partial charge in [0.05, 0.1) is 23.8 Å². The predicted octanol–water partition coefficient (Wildman–Crippen LogP) is 4.28. The van der Waals surface area contributed by atoms with Crippen molar-refractivity contribution in [2.24, 2.45) is 0 Å². The van der Waals surface area contributed by atoms with Gasteiger partial charge in [0, 0.05) is 8.95 Å². The lowest BCUT2D eigenvalue weighted by atomic mass is 10.1. The maximum atomic E-state index is 12.6. The largest absolute Gasteiger partial charge is 0.294 e. The first-order valence-corrected chi connectivity index (χ1v) is 8.03. The molecule has 0 saturated carbocycles. The summed E-state index contributed by atoms with van der Waals surface area (Å²) in [4.78, 5) is 17.0. The van der Waals surface area contributed by atoms with Crippen molar-refractivity contribution in [3.63, 3.8) is 0 Å². The van der Waals surface area contributed by atoms with Crippen LogP contribution >= 0.6 is 31.9 Å². The van der Waals surface area contributed by atoms with Crippen molar-refractivity contribution >= 4 is 42.8 Å². The van der Waals surface area contributed by atoms with Crippen LogP contribution in [0.15, 0.2) is 56.5 Å². The molecule has 3 nitrogen and oxygen atoms in total. The van der Waals surface area contributed by atoms with Crippen LogP contribution in [0.2, 0.25) is 0 Å². The Labute approximate surface area is 138 Å². The molecule has 0 bridgehead atoms. The molecule has 1 heterocycles. The SMILES string of the molecule is Cc1ccc(Cn2cnc3c(Br)cc(Br)cc3c2=O)cc1. The van der Waals surface area contributed by atoms with Gasteiger partial charge in [-0.25, -0.2) is 4.98 Å². The van der Waals surface area contributed by atoms with Crippen LogP contribution in [0.3, 0.4) is 0 Å². The molecular weight excluding hydrogens is 396 g/mol. The molecule has 0 N–H and O–H groups in total. The molecule has 0 fully saturated rings. The van der Waals surface area contributed by atoms with E-state index in [1.807, 2.05) is 37.3 Å². The van der Waals surface area contributed by atoms with Crippen molar-refractivity contribution in [1.82, 2.24) is 9.55 Å². The Morgan fingerprint density at radius 3 is 2.57 bits per heavy atom. The van der Waals surface area contributed by atoms with Gasteiger partial charge >= 0.3 is 0 Å². The van der Waals surface area contributed by atoms with Gasteiger partial charge in [0.2, 0.25) is 0 Å². The van der Waals surface area contributed by atoms with E-state index in [0.717, 1.165) is 14.5 Å². The van der Waals surface area contributed by atoms with E-state index in [1.54, 1.807) is 17.0 Å². The van der Waals surface area contributed by atoms with E-state index >= 15 is 0 Å². The van der Waals surface area contributed by atoms with Gasteiger partial charge in [-0.3, -0.25) is 9.36 Å². The summed E-state index contributed by atoms with van der Waals surface area (Å²) in [6.07, 6.45) is 1.60. The van der Waals surface area contributed by atoms with Gasteiger partial charge in [-0.2, -0.15) is 0 Å². The molecule has 2 aromatic carbocycles. The van der Waals surface area contributed by atoms with Gasteiger partial charge < -0.3 is 0 Å². The number of hydrogen-bond acceptors (Lipinski definition) is 2. The van der Waals surface area contributed by atoms with Crippen LogP contribution in [0.25, 0.3) is 10.9 Å². The summed E-state index contributed by atoms with van der Waals surface area (Å²) in [5.41, 5.74) is 2.93. The van der Waals surface area contributed by atoms with Crippen LogP contribution in [0.1, 0.15) is 11.1 Å². The number of halogens is 2. The van der Waals surface area contributed by atoms with Crippen molar-refractivity contribution in [3.8, 4) is 0 Å². The molecule has 0 aliphatic rings. The monoisotopic (exact) mass is 406 g/mol. The highest BCUT2D eigenvalue weighted by atomic mass is 79.9. The minimum Gasteiger partial charge on any atom is -0.294 e. The first-order chi connectivity index (χ1) is 10.0. The van der Waals surface area contributed by atoms with E-state index in [1.165, 1.54) is 5.56 Å². The molecule has 0 spiro atoms. The zero-order valence-electron chi connectivity index (χ0n) is 11.3. The summed E-state index contributed by atoms with van der Waals surface area (Å²) >= 11 is 6.85. The second kappa shape index (κ2) is 5.73. The topological polar surface area (TPSA) is 34.9 Å². The fourth-order valence-electron chi connectivity index (χ4n) is 2.20.